The molecular weight excluding hydrogens is 546 g/mol. The second-order valence-electron chi connectivity index (χ2n) is 12.7. The van der Waals surface area contributed by atoms with Crippen LogP contribution in [0, 0.1) is 19.8 Å². The number of ether oxygens (including phenoxy) is 2. The number of hydrogen-bond acceptors (Lipinski definition) is 6. The first-order valence-corrected chi connectivity index (χ1v) is 16.0. The fourth-order valence-corrected chi connectivity index (χ4v) is 5.08. The van der Waals surface area contributed by atoms with E-state index in [9.17, 15) is 19.2 Å². The Bertz CT molecular complexity index is 1010. The van der Waals surface area contributed by atoms with Gasteiger partial charge in [-0.05, 0) is 77.0 Å². The number of amides is 3. The summed E-state index contributed by atoms with van der Waals surface area (Å²) in [6.07, 6.45) is 5.83. The van der Waals surface area contributed by atoms with E-state index in [2.05, 4.69) is 17.6 Å². The molecule has 2 atom stereocenters. The molecule has 1 aromatic carbocycles. The minimum absolute atomic E-state index is 0.0284. The highest BCUT2D eigenvalue weighted by molar-refractivity contribution is 5.92. The van der Waals surface area contributed by atoms with Gasteiger partial charge in [0.15, 0.2) is 0 Å². The largest absolute Gasteiger partial charge is 0.466 e. The van der Waals surface area contributed by atoms with Crippen molar-refractivity contribution in [3.8, 4) is 0 Å². The maximum atomic E-state index is 14.5. The molecule has 0 radical (unpaired) electrons. The Hall–Kier alpha value is -3.10. The van der Waals surface area contributed by atoms with Crippen LogP contribution in [-0.4, -0.2) is 60.1 Å². The van der Waals surface area contributed by atoms with Crippen LogP contribution in [0.2, 0.25) is 0 Å². The summed E-state index contributed by atoms with van der Waals surface area (Å²) in [6, 6.07) is 3.96. The molecule has 2 unspecified atom stereocenters. The highest BCUT2D eigenvalue weighted by Gasteiger charge is 2.37. The molecule has 0 saturated heterocycles. The van der Waals surface area contributed by atoms with Crippen molar-refractivity contribution >= 4 is 23.9 Å². The molecular formula is C34H57N3O6. The topological polar surface area (TPSA) is 114 Å². The molecule has 0 aliphatic carbocycles. The third-order valence-corrected chi connectivity index (χ3v) is 7.04. The summed E-state index contributed by atoms with van der Waals surface area (Å²) in [6.45, 7) is 17.7. The standard InChI is InChI=1S/C34H57N3O6/c1-10-12-13-14-15-16-22-37(32(40)27(23-24(3)4)36-33(41)43-34(7,8)9)30(29-25(5)18-17-19-26(29)6)31(39)35-21-20-28(38)42-11-2/h17-19,24,27,30H,10-16,20-23H2,1-9H3,(H,35,39)(H,36,41). The van der Waals surface area contributed by atoms with E-state index >= 15 is 0 Å². The van der Waals surface area contributed by atoms with Gasteiger partial charge in [-0.3, -0.25) is 14.4 Å². The van der Waals surface area contributed by atoms with Crippen molar-refractivity contribution in [1.82, 2.24) is 15.5 Å². The molecule has 3 amide bonds. The van der Waals surface area contributed by atoms with Gasteiger partial charge in [-0.25, -0.2) is 4.79 Å². The third-order valence-electron chi connectivity index (χ3n) is 7.04. The van der Waals surface area contributed by atoms with Crippen molar-refractivity contribution in [2.45, 2.75) is 131 Å². The van der Waals surface area contributed by atoms with Crippen LogP contribution in [0.5, 0.6) is 0 Å². The Morgan fingerprint density at radius 3 is 2.09 bits per heavy atom. The predicted octanol–water partition coefficient (Wildman–Crippen LogP) is 6.54. The summed E-state index contributed by atoms with van der Waals surface area (Å²) < 4.78 is 10.5. The molecule has 0 spiro atoms. The van der Waals surface area contributed by atoms with E-state index in [0.29, 0.717) is 19.4 Å². The van der Waals surface area contributed by atoms with Gasteiger partial charge in [0.25, 0.3) is 0 Å². The van der Waals surface area contributed by atoms with E-state index in [1.807, 2.05) is 45.9 Å². The molecule has 0 bridgehead atoms. The van der Waals surface area contributed by atoms with Crippen LogP contribution < -0.4 is 10.6 Å². The molecule has 0 aromatic heterocycles. The summed E-state index contributed by atoms with van der Waals surface area (Å²) in [5, 5.41) is 5.69. The Balaban J connectivity index is 3.52. The minimum Gasteiger partial charge on any atom is -0.466 e. The molecule has 0 aliphatic rings. The van der Waals surface area contributed by atoms with Gasteiger partial charge in [-0.2, -0.15) is 0 Å². The van der Waals surface area contributed by atoms with Crippen molar-refractivity contribution < 1.29 is 28.7 Å². The number of nitrogens with zero attached hydrogens (tertiary/aromatic N) is 1. The van der Waals surface area contributed by atoms with E-state index < -0.39 is 29.7 Å². The van der Waals surface area contributed by atoms with E-state index in [4.69, 9.17) is 9.47 Å². The van der Waals surface area contributed by atoms with Gasteiger partial charge in [-0.1, -0.05) is 71.1 Å². The number of benzene rings is 1. The minimum atomic E-state index is -0.943. The number of rotatable bonds is 18. The molecule has 0 fully saturated rings. The van der Waals surface area contributed by atoms with Crippen molar-refractivity contribution in [1.29, 1.82) is 0 Å². The highest BCUT2D eigenvalue weighted by Crippen LogP contribution is 2.30. The lowest BCUT2D eigenvalue weighted by atomic mass is 9.92. The quantitative estimate of drug-likeness (QED) is 0.145. The van der Waals surface area contributed by atoms with Gasteiger partial charge in [-0.15, -0.1) is 0 Å². The van der Waals surface area contributed by atoms with Crippen LogP contribution in [0.4, 0.5) is 4.79 Å². The van der Waals surface area contributed by atoms with Crippen LogP contribution in [0.15, 0.2) is 18.2 Å². The average molecular weight is 604 g/mol. The van der Waals surface area contributed by atoms with Crippen molar-refractivity contribution in [2.75, 3.05) is 19.7 Å². The Kier molecular flexibility index (Phi) is 17.0. The molecule has 9 heteroatoms. The third kappa shape index (κ3) is 14.3. The lowest BCUT2D eigenvalue weighted by molar-refractivity contribution is -0.144. The van der Waals surface area contributed by atoms with Gasteiger partial charge in [0.1, 0.15) is 17.7 Å². The number of unbranched alkanes of at least 4 members (excludes halogenated alkanes) is 5. The second kappa shape index (κ2) is 19.2. The summed E-state index contributed by atoms with van der Waals surface area (Å²) in [4.78, 5) is 54.9. The first-order chi connectivity index (χ1) is 20.2. The van der Waals surface area contributed by atoms with Gasteiger partial charge in [0.2, 0.25) is 11.8 Å². The maximum absolute atomic E-state index is 14.5. The first-order valence-electron chi connectivity index (χ1n) is 16.0. The number of alkyl carbamates (subject to hydrolysis) is 1. The lowest BCUT2D eigenvalue weighted by Crippen LogP contribution is -2.54. The molecule has 43 heavy (non-hydrogen) atoms. The number of nitrogens with one attached hydrogen (secondary N) is 2. The summed E-state index contributed by atoms with van der Waals surface area (Å²) in [7, 11) is 0. The molecule has 2 N–H and O–H groups in total. The average Bonchev–Trinajstić information content (AvgIpc) is 2.89. The number of carbonyl (C=O) groups excluding carboxylic acids is 4. The zero-order chi connectivity index (χ0) is 32.6. The van der Waals surface area contributed by atoms with Crippen LogP contribution in [0.25, 0.3) is 0 Å². The molecule has 0 saturated carbocycles. The SMILES string of the molecule is CCCCCCCCN(C(=O)C(CC(C)C)NC(=O)OC(C)(C)C)C(C(=O)NCCC(=O)OCC)c1c(C)cccc1C. The lowest BCUT2D eigenvalue weighted by Gasteiger charge is -2.36. The molecule has 0 aliphatic heterocycles. The van der Waals surface area contributed by atoms with Crippen LogP contribution in [0.1, 0.15) is 123 Å². The fourth-order valence-electron chi connectivity index (χ4n) is 5.08. The van der Waals surface area contributed by atoms with Crippen LogP contribution in [-0.2, 0) is 23.9 Å². The summed E-state index contributed by atoms with van der Waals surface area (Å²) in [5.74, 6) is -1.01. The van der Waals surface area contributed by atoms with Gasteiger partial charge >= 0.3 is 12.1 Å². The number of aryl methyl sites for hydroxylation is 2. The van der Waals surface area contributed by atoms with E-state index in [-0.39, 0.29) is 37.3 Å². The Labute approximate surface area is 259 Å². The number of esters is 1. The Morgan fingerprint density at radius 1 is 0.930 bits per heavy atom. The zero-order valence-corrected chi connectivity index (χ0v) is 28.1. The predicted molar refractivity (Wildman–Crippen MR) is 171 cm³/mol. The van der Waals surface area contributed by atoms with Crippen LogP contribution >= 0.6 is 0 Å². The maximum Gasteiger partial charge on any atom is 0.408 e. The molecule has 244 valence electrons. The van der Waals surface area contributed by atoms with Crippen molar-refractivity contribution in [3.05, 3.63) is 34.9 Å². The van der Waals surface area contributed by atoms with Crippen molar-refractivity contribution in [2.24, 2.45) is 5.92 Å². The smallest absolute Gasteiger partial charge is 0.408 e. The number of carbonyl (C=O) groups is 4. The molecule has 0 heterocycles. The van der Waals surface area contributed by atoms with Crippen LogP contribution in [0.3, 0.4) is 0 Å². The van der Waals surface area contributed by atoms with E-state index in [1.165, 1.54) is 0 Å². The van der Waals surface area contributed by atoms with E-state index in [0.717, 1.165) is 48.8 Å². The van der Waals surface area contributed by atoms with Crippen molar-refractivity contribution in [3.63, 3.8) is 0 Å². The highest BCUT2D eigenvalue weighted by atomic mass is 16.6. The summed E-state index contributed by atoms with van der Waals surface area (Å²) in [5.41, 5.74) is 1.78. The molecule has 1 rings (SSSR count). The normalized spacial score (nSPS) is 12.8. The fraction of sp³-hybridized carbons (Fsp3) is 0.706. The monoisotopic (exact) mass is 603 g/mol. The summed E-state index contributed by atoms with van der Waals surface area (Å²) >= 11 is 0. The van der Waals surface area contributed by atoms with Gasteiger partial charge < -0.3 is 25.0 Å². The van der Waals surface area contributed by atoms with Gasteiger partial charge in [0.05, 0.1) is 13.0 Å². The molecule has 1 aromatic rings. The van der Waals surface area contributed by atoms with Gasteiger partial charge in [0, 0.05) is 13.1 Å². The second-order valence-corrected chi connectivity index (χ2v) is 12.7. The Morgan fingerprint density at radius 2 is 1.53 bits per heavy atom. The van der Waals surface area contributed by atoms with E-state index in [1.54, 1.807) is 32.6 Å². The zero-order valence-electron chi connectivity index (χ0n) is 28.1. The number of hydrogen-bond donors (Lipinski definition) is 2. The molecule has 9 nitrogen and oxygen atoms in total. The first kappa shape index (κ1) is 37.9.